The van der Waals surface area contributed by atoms with Crippen LogP contribution in [0.3, 0.4) is 0 Å². The van der Waals surface area contributed by atoms with Gasteiger partial charge in [-0.3, -0.25) is 0 Å². The Kier molecular flexibility index (Phi) is 18.2. The lowest BCUT2D eigenvalue weighted by Gasteiger charge is -2.10. The fourth-order valence-corrected chi connectivity index (χ4v) is 4.40. The van der Waals surface area contributed by atoms with Gasteiger partial charge in [0, 0.05) is 0 Å². The molecule has 1 rings (SSSR count). The van der Waals surface area contributed by atoms with Gasteiger partial charge in [0.1, 0.15) is 0 Å². The Morgan fingerprint density at radius 2 is 1.12 bits per heavy atom. The number of rotatable bonds is 22. The molecule has 0 atom stereocenters. The number of carboxylic acids is 1. The summed E-state index contributed by atoms with van der Waals surface area (Å²) in [6.07, 6.45) is 23.1. The van der Waals surface area contributed by atoms with Gasteiger partial charge in [0.05, 0.1) is 17.7 Å². The normalized spacial score (nSPS) is 11.0. The smallest absolute Gasteiger partial charge is 0.339 e. The predicted molar refractivity (Wildman–Crippen MR) is 142 cm³/mol. The number of carboxylic acid groups (broad SMARTS) is 1. The second kappa shape index (κ2) is 20.5. The number of benzene rings is 1. The summed E-state index contributed by atoms with van der Waals surface area (Å²) < 4.78 is 5.38. The third kappa shape index (κ3) is 14.4. The Labute approximate surface area is 208 Å². The highest BCUT2D eigenvalue weighted by Gasteiger charge is 2.18. The van der Waals surface area contributed by atoms with Crippen molar-refractivity contribution >= 4 is 11.9 Å². The number of aryl methyl sites for hydroxylation is 1. The Morgan fingerprint density at radius 1 is 0.647 bits per heavy atom. The molecule has 0 saturated heterocycles. The summed E-state index contributed by atoms with van der Waals surface area (Å²) in [6, 6.07) is 5.15. The number of hydrogen-bond acceptors (Lipinski definition) is 3. The maximum Gasteiger partial charge on any atom is 0.339 e. The van der Waals surface area contributed by atoms with Gasteiger partial charge in [0.25, 0.3) is 0 Å². The third-order valence-corrected chi connectivity index (χ3v) is 6.58. The number of unbranched alkanes of at least 4 members (excludes halogenated alkanes) is 16. The highest BCUT2D eigenvalue weighted by Crippen LogP contribution is 2.17. The molecule has 1 aromatic carbocycles. The van der Waals surface area contributed by atoms with Gasteiger partial charge in [0.2, 0.25) is 0 Å². The monoisotopic (exact) mass is 474 g/mol. The second-order valence-corrected chi connectivity index (χ2v) is 9.73. The minimum atomic E-state index is -1.07. The number of esters is 1. The van der Waals surface area contributed by atoms with Crippen molar-refractivity contribution in [1.29, 1.82) is 0 Å². The maximum absolute atomic E-state index is 12.5. The van der Waals surface area contributed by atoms with Crippen molar-refractivity contribution in [3.05, 3.63) is 34.9 Å². The molecule has 0 amide bonds. The molecule has 0 aliphatic rings. The summed E-state index contributed by atoms with van der Waals surface area (Å²) in [4.78, 5) is 24.2. The summed E-state index contributed by atoms with van der Waals surface area (Å²) in [6.45, 7) is 4.82. The largest absolute Gasteiger partial charge is 0.478 e. The number of aromatic carboxylic acids is 1. The SMILES string of the molecule is CCCCCCCCCCCCCCOC(=O)c1ccc(CCCCCCCC)cc1C(=O)O. The van der Waals surface area contributed by atoms with E-state index in [2.05, 4.69) is 13.8 Å². The average molecular weight is 475 g/mol. The van der Waals surface area contributed by atoms with Crippen LogP contribution in [-0.2, 0) is 11.2 Å². The minimum Gasteiger partial charge on any atom is -0.478 e. The number of ether oxygens (including phenoxy) is 1. The van der Waals surface area contributed by atoms with Crippen LogP contribution in [0.25, 0.3) is 0 Å². The van der Waals surface area contributed by atoms with E-state index in [9.17, 15) is 14.7 Å². The van der Waals surface area contributed by atoms with Gasteiger partial charge in [0.15, 0.2) is 0 Å². The molecular formula is C30H50O4. The Bertz CT molecular complexity index is 668. The van der Waals surface area contributed by atoms with Gasteiger partial charge in [-0.15, -0.1) is 0 Å². The lowest BCUT2D eigenvalue weighted by molar-refractivity contribution is 0.0487. The van der Waals surface area contributed by atoms with E-state index in [1.54, 1.807) is 12.1 Å². The molecule has 0 heterocycles. The van der Waals surface area contributed by atoms with E-state index < -0.39 is 11.9 Å². The van der Waals surface area contributed by atoms with E-state index in [1.165, 1.54) is 89.9 Å². The van der Waals surface area contributed by atoms with Gasteiger partial charge < -0.3 is 9.84 Å². The molecule has 0 saturated carbocycles. The lowest BCUT2D eigenvalue weighted by Crippen LogP contribution is -2.13. The lowest BCUT2D eigenvalue weighted by atomic mass is 9.99. The van der Waals surface area contributed by atoms with Gasteiger partial charge in [-0.1, -0.05) is 123 Å². The van der Waals surface area contributed by atoms with Crippen LogP contribution in [0.4, 0.5) is 0 Å². The molecule has 0 aliphatic heterocycles. The first-order valence-corrected chi connectivity index (χ1v) is 14.1. The van der Waals surface area contributed by atoms with Gasteiger partial charge in [-0.2, -0.15) is 0 Å². The van der Waals surface area contributed by atoms with Crippen LogP contribution in [0.2, 0.25) is 0 Å². The quantitative estimate of drug-likeness (QED) is 0.134. The first-order chi connectivity index (χ1) is 16.6. The van der Waals surface area contributed by atoms with E-state index in [0.717, 1.165) is 37.7 Å². The standard InChI is InChI=1S/C30H50O4/c1-3-5-7-9-11-12-13-14-15-16-18-20-24-34-30(33)27-23-22-26(25-28(27)29(31)32)21-19-17-10-8-6-4-2/h22-23,25H,3-21,24H2,1-2H3,(H,31,32). The summed E-state index contributed by atoms with van der Waals surface area (Å²) in [5, 5.41) is 9.58. The van der Waals surface area contributed by atoms with E-state index in [0.29, 0.717) is 6.61 Å². The predicted octanol–water partition coefficient (Wildman–Crippen LogP) is 9.15. The summed E-state index contributed by atoms with van der Waals surface area (Å²) >= 11 is 0. The molecule has 1 aromatic rings. The van der Waals surface area contributed by atoms with Crippen LogP contribution < -0.4 is 0 Å². The molecule has 0 bridgehead atoms. The summed E-state index contributed by atoms with van der Waals surface area (Å²) in [5.74, 6) is -1.59. The van der Waals surface area contributed by atoms with Crippen molar-refractivity contribution in [2.75, 3.05) is 6.61 Å². The Balaban J connectivity index is 2.22. The van der Waals surface area contributed by atoms with Gasteiger partial charge in [-0.25, -0.2) is 9.59 Å². The minimum absolute atomic E-state index is 0.0585. The zero-order valence-electron chi connectivity index (χ0n) is 22.0. The maximum atomic E-state index is 12.5. The first kappa shape index (κ1) is 30.2. The van der Waals surface area contributed by atoms with Crippen LogP contribution in [0.5, 0.6) is 0 Å². The molecule has 0 radical (unpaired) electrons. The number of hydrogen-bond donors (Lipinski definition) is 1. The van der Waals surface area contributed by atoms with Crippen molar-refractivity contribution in [1.82, 2.24) is 0 Å². The van der Waals surface area contributed by atoms with Crippen molar-refractivity contribution in [3.8, 4) is 0 Å². The van der Waals surface area contributed by atoms with Gasteiger partial charge in [-0.05, 0) is 37.0 Å². The van der Waals surface area contributed by atoms with E-state index >= 15 is 0 Å². The zero-order valence-corrected chi connectivity index (χ0v) is 22.0. The highest BCUT2D eigenvalue weighted by molar-refractivity contribution is 6.02. The van der Waals surface area contributed by atoms with E-state index in [-0.39, 0.29) is 11.1 Å². The zero-order chi connectivity index (χ0) is 24.9. The fraction of sp³-hybridized carbons (Fsp3) is 0.733. The molecule has 0 unspecified atom stereocenters. The Morgan fingerprint density at radius 3 is 1.62 bits per heavy atom. The molecule has 4 heteroatoms. The summed E-state index contributed by atoms with van der Waals surface area (Å²) in [7, 11) is 0. The third-order valence-electron chi connectivity index (χ3n) is 6.58. The van der Waals surface area contributed by atoms with Crippen molar-refractivity contribution in [2.24, 2.45) is 0 Å². The fourth-order valence-electron chi connectivity index (χ4n) is 4.40. The van der Waals surface area contributed by atoms with Crippen LogP contribution in [-0.4, -0.2) is 23.7 Å². The molecule has 1 N–H and O–H groups in total. The van der Waals surface area contributed by atoms with E-state index in [4.69, 9.17) is 4.74 Å². The highest BCUT2D eigenvalue weighted by atomic mass is 16.5. The topological polar surface area (TPSA) is 63.6 Å². The first-order valence-electron chi connectivity index (χ1n) is 14.1. The molecule has 0 fully saturated rings. The second-order valence-electron chi connectivity index (χ2n) is 9.73. The molecule has 0 aliphatic carbocycles. The van der Waals surface area contributed by atoms with Crippen LogP contribution in [0.1, 0.15) is 156 Å². The van der Waals surface area contributed by atoms with E-state index in [1.807, 2.05) is 6.07 Å². The molecular weight excluding hydrogens is 424 g/mol. The molecule has 0 aromatic heterocycles. The molecule has 4 nitrogen and oxygen atoms in total. The van der Waals surface area contributed by atoms with Crippen LogP contribution in [0.15, 0.2) is 18.2 Å². The van der Waals surface area contributed by atoms with Crippen molar-refractivity contribution < 1.29 is 19.4 Å². The average Bonchev–Trinajstić information content (AvgIpc) is 2.84. The molecule has 194 valence electrons. The van der Waals surface area contributed by atoms with Gasteiger partial charge >= 0.3 is 11.9 Å². The molecule has 34 heavy (non-hydrogen) atoms. The number of carbonyl (C=O) groups excluding carboxylic acids is 1. The number of carbonyl (C=O) groups is 2. The van der Waals surface area contributed by atoms with Crippen molar-refractivity contribution in [3.63, 3.8) is 0 Å². The molecule has 0 spiro atoms. The summed E-state index contributed by atoms with van der Waals surface area (Å²) in [5.41, 5.74) is 1.20. The van der Waals surface area contributed by atoms with Crippen molar-refractivity contribution in [2.45, 2.75) is 136 Å². The van der Waals surface area contributed by atoms with Crippen LogP contribution >= 0.6 is 0 Å². The Hall–Kier alpha value is -1.84. The van der Waals surface area contributed by atoms with Crippen LogP contribution in [0, 0.1) is 0 Å².